The van der Waals surface area contributed by atoms with E-state index in [9.17, 15) is 0 Å². The maximum absolute atomic E-state index is 6.07. The van der Waals surface area contributed by atoms with Crippen molar-refractivity contribution in [2.24, 2.45) is 5.73 Å². The first-order valence-corrected chi connectivity index (χ1v) is 7.00. The van der Waals surface area contributed by atoms with Crippen LogP contribution in [0.25, 0.3) is 11.0 Å². The van der Waals surface area contributed by atoms with Gasteiger partial charge < -0.3 is 15.0 Å². The topological polar surface area (TPSA) is 53.1 Å². The van der Waals surface area contributed by atoms with Crippen molar-refractivity contribution in [3.8, 4) is 0 Å². The number of nitrogens with zero attached hydrogens (tertiary/aromatic N) is 2. The Morgan fingerprint density at radius 1 is 1.47 bits per heavy atom. The van der Waals surface area contributed by atoms with E-state index in [1.165, 1.54) is 0 Å². The minimum absolute atomic E-state index is 0.0988. The molecule has 0 amide bonds. The summed E-state index contributed by atoms with van der Waals surface area (Å²) in [6.07, 6.45) is 0.936. The van der Waals surface area contributed by atoms with Gasteiger partial charge in [0.2, 0.25) is 0 Å². The van der Waals surface area contributed by atoms with Crippen LogP contribution in [0.5, 0.6) is 0 Å². The SMILES string of the molecule is CCOCCCn1c(C(C)N)nc2ccc(Cl)cc21. The van der Waals surface area contributed by atoms with E-state index >= 15 is 0 Å². The van der Waals surface area contributed by atoms with Gasteiger partial charge in [0, 0.05) is 24.8 Å². The van der Waals surface area contributed by atoms with Gasteiger partial charge >= 0.3 is 0 Å². The minimum atomic E-state index is -0.0988. The molecule has 1 aromatic heterocycles. The number of aryl methyl sites for hydroxylation is 1. The maximum atomic E-state index is 6.07. The number of aromatic nitrogens is 2. The third-order valence-electron chi connectivity index (χ3n) is 3.02. The molecule has 0 saturated heterocycles. The summed E-state index contributed by atoms with van der Waals surface area (Å²) in [6.45, 7) is 6.28. The molecule has 2 aromatic rings. The largest absolute Gasteiger partial charge is 0.382 e. The molecule has 0 aliphatic carbocycles. The Morgan fingerprint density at radius 3 is 2.95 bits per heavy atom. The zero-order valence-corrected chi connectivity index (χ0v) is 12.2. The van der Waals surface area contributed by atoms with Gasteiger partial charge in [0.1, 0.15) is 5.82 Å². The monoisotopic (exact) mass is 281 g/mol. The van der Waals surface area contributed by atoms with Gasteiger partial charge in [-0.05, 0) is 38.5 Å². The Bertz CT molecular complexity index is 551. The molecule has 0 spiro atoms. The average Bonchev–Trinajstić information content (AvgIpc) is 2.73. The van der Waals surface area contributed by atoms with Crippen molar-refractivity contribution in [2.45, 2.75) is 32.9 Å². The van der Waals surface area contributed by atoms with Gasteiger partial charge in [-0.1, -0.05) is 11.6 Å². The van der Waals surface area contributed by atoms with Crippen LogP contribution < -0.4 is 5.73 Å². The molecular formula is C14H20ClN3O. The normalized spacial score (nSPS) is 13.1. The van der Waals surface area contributed by atoms with Crippen LogP contribution in [0, 0.1) is 0 Å². The fraction of sp³-hybridized carbons (Fsp3) is 0.500. The van der Waals surface area contributed by atoms with Gasteiger partial charge in [-0.2, -0.15) is 0 Å². The molecule has 0 aliphatic heterocycles. The van der Waals surface area contributed by atoms with E-state index in [0.29, 0.717) is 0 Å². The van der Waals surface area contributed by atoms with Crippen molar-refractivity contribution < 1.29 is 4.74 Å². The Labute approximate surface area is 118 Å². The first-order valence-electron chi connectivity index (χ1n) is 6.62. The van der Waals surface area contributed by atoms with Crippen LogP contribution in [0.1, 0.15) is 32.1 Å². The van der Waals surface area contributed by atoms with Gasteiger partial charge in [0.25, 0.3) is 0 Å². The first-order chi connectivity index (χ1) is 9.13. The van der Waals surface area contributed by atoms with Crippen LogP contribution in [-0.4, -0.2) is 22.8 Å². The fourth-order valence-corrected chi connectivity index (χ4v) is 2.33. The van der Waals surface area contributed by atoms with E-state index in [1.54, 1.807) is 0 Å². The summed E-state index contributed by atoms with van der Waals surface area (Å²) in [4.78, 5) is 4.59. The highest BCUT2D eigenvalue weighted by Gasteiger charge is 2.13. The zero-order chi connectivity index (χ0) is 13.8. The van der Waals surface area contributed by atoms with E-state index in [1.807, 2.05) is 32.0 Å². The second kappa shape index (κ2) is 6.37. The molecule has 0 fully saturated rings. The predicted octanol–water partition coefficient (Wildman–Crippen LogP) is 3.14. The van der Waals surface area contributed by atoms with Crippen LogP contribution in [-0.2, 0) is 11.3 Å². The van der Waals surface area contributed by atoms with Gasteiger partial charge in [-0.3, -0.25) is 0 Å². The third kappa shape index (κ3) is 3.26. The van der Waals surface area contributed by atoms with Crippen LogP contribution in [0.4, 0.5) is 0 Å². The molecule has 1 unspecified atom stereocenters. The summed E-state index contributed by atoms with van der Waals surface area (Å²) >= 11 is 6.07. The molecule has 1 aromatic carbocycles. The highest BCUT2D eigenvalue weighted by atomic mass is 35.5. The predicted molar refractivity (Wildman–Crippen MR) is 78.5 cm³/mol. The zero-order valence-electron chi connectivity index (χ0n) is 11.4. The van der Waals surface area contributed by atoms with Gasteiger partial charge in [0.05, 0.1) is 17.1 Å². The Hall–Kier alpha value is -1.10. The second-order valence-corrected chi connectivity index (χ2v) is 5.03. The number of fused-ring (bicyclic) bond motifs is 1. The van der Waals surface area contributed by atoms with Crippen LogP contribution in [0.3, 0.4) is 0 Å². The smallest absolute Gasteiger partial charge is 0.126 e. The molecule has 2 rings (SSSR count). The van der Waals surface area contributed by atoms with E-state index < -0.39 is 0 Å². The number of halogens is 1. The van der Waals surface area contributed by atoms with E-state index in [2.05, 4.69) is 9.55 Å². The lowest BCUT2D eigenvalue weighted by molar-refractivity contribution is 0.141. The van der Waals surface area contributed by atoms with E-state index in [0.717, 1.165) is 48.1 Å². The summed E-state index contributed by atoms with van der Waals surface area (Å²) in [6, 6.07) is 5.63. The number of imidazole rings is 1. The quantitative estimate of drug-likeness (QED) is 0.828. The first kappa shape index (κ1) is 14.3. The Kier molecular flexibility index (Phi) is 4.80. The van der Waals surface area contributed by atoms with Crippen molar-refractivity contribution in [2.75, 3.05) is 13.2 Å². The Morgan fingerprint density at radius 2 is 2.26 bits per heavy atom. The Balaban J connectivity index is 2.31. The number of hydrogen-bond donors (Lipinski definition) is 1. The molecule has 4 nitrogen and oxygen atoms in total. The maximum Gasteiger partial charge on any atom is 0.126 e. The van der Waals surface area contributed by atoms with Gasteiger partial charge in [0.15, 0.2) is 0 Å². The van der Waals surface area contributed by atoms with Gasteiger partial charge in [-0.25, -0.2) is 4.98 Å². The molecule has 104 valence electrons. The molecule has 2 N–H and O–H groups in total. The number of nitrogens with two attached hydrogens (primary N) is 1. The van der Waals surface area contributed by atoms with E-state index in [-0.39, 0.29) is 6.04 Å². The summed E-state index contributed by atoms with van der Waals surface area (Å²) in [5, 5.41) is 0.717. The van der Waals surface area contributed by atoms with Crippen molar-refractivity contribution in [3.05, 3.63) is 29.0 Å². The molecule has 5 heteroatoms. The molecule has 19 heavy (non-hydrogen) atoms. The standard InChI is InChI=1S/C14H20ClN3O/c1-3-19-8-4-7-18-13-9-11(15)5-6-12(13)17-14(18)10(2)16/h5-6,9-10H,3-4,7-8,16H2,1-2H3. The summed E-state index contributed by atoms with van der Waals surface area (Å²) < 4.78 is 7.52. The molecule has 1 atom stereocenters. The van der Waals surface area contributed by atoms with Crippen molar-refractivity contribution in [1.29, 1.82) is 0 Å². The van der Waals surface area contributed by atoms with Crippen LogP contribution >= 0.6 is 11.6 Å². The lowest BCUT2D eigenvalue weighted by atomic mass is 10.3. The number of benzene rings is 1. The van der Waals surface area contributed by atoms with Crippen molar-refractivity contribution in [1.82, 2.24) is 9.55 Å². The molecule has 0 saturated carbocycles. The number of hydrogen-bond acceptors (Lipinski definition) is 3. The highest BCUT2D eigenvalue weighted by molar-refractivity contribution is 6.31. The molecule has 0 radical (unpaired) electrons. The minimum Gasteiger partial charge on any atom is -0.382 e. The van der Waals surface area contributed by atoms with Crippen molar-refractivity contribution >= 4 is 22.6 Å². The lowest BCUT2D eigenvalue weighted by Crippen LogP contribution is -2.14. The van der Waals surface area contributed by atoms with Crippen molar-refractivity contribution in [3.63, 3.8) is 0 Å². The average molecular weight is 282 g/mol. The summed E-state index contributed by atoms with van der Waals surface area (Å²) in [5.74, 6) is 0.897. The molecule has 1 heterocycles. The van der Waals surface area contributed by atoms with Crippen LogP contribution in [0.15, 0.2) is 18.2 Å². The lowest BCUT2D eigenvalue weighted by Gasteiger charge is -2.11. The van der Waals surface area contributed by atoms with Crippen LogP contribution in [0.2, 0.25) is 5.02 Å². The summed E-state index contributed by atoms with van der Waals surface area (Å²) in [7, 11) is 0. The fourth-order valence-electron chi connectivity index (χ4n) is 2.17. The second-order valence-electron chi connectivity index (χ2n) is 4.59. The van der Waals surface area contributed by atoms with Gasteiger partial charge in [-0.15, -0.1) is 0 Å². The molecular weight excluding hydrogens is 262 g/mol. The highest BCUT2D eigenvalue weighted by Crippen LogP contribution is 2.23. The summed E-state index contributed by atoms with van der Waals surface area (Å²) in [5.41, 5.74) is 7.98. The molecule has 0 aliphatic rings. The number of rotatable bonds is 6. The third-order valence-corrected chi connectivity index (χ3v) is 3.26. The molecule has 0 bridgehead atoms. The number of ether oxygens (including phenoxy) is 1. The van der Waals surface area contributed by atoms with E-state index in [4.69, 9.17) is 22.1 Å².